The average Bonchev–Trinajstić information content (AvgIpc) is 2.64. The highest BCUT2D eigenvalue weighted by Crippen LogP contribution is 2.42. The number of methoxy groups -OCH3 is 3. The Hall–Kier alpha value is -3.22. The van der Waals surface area contributed by atoms with Crippen LogP contribution >= 0.6 is 0 Å². The first kappa shape index (κ1) is 19.1. The Kier molecular flexibility index (Phi) is 6.06. The van der Waals surface area contributed by atoms with Crippen LogP contribution in [0.3, 0.4) is 0 Å². The molecule has 26 heavy (non-hydrogen) atoms. The molecule has 0 aliphatic heterocycles. The second-order valence-corrected chi connectivity index (χ2v) is 5.48. The lowest BCUT2D eigenvalue weighted by atomic mass is 9.97. The minimum atomic E-state index is -1.10. The molecule has 0 saturated carbocycles. The molecule has 0 amide bonds. The van der Waals surface area contributed by atoms with Gasteiger partial charge < -0.3 is 24.4 Å². The zero-order chi connectivity index (χ0) is 19.3. The molecule has 7 nitrogen and oxygen atoms in total. The number of ether oxygens (including phenoxy) is 3. The molecular weight excluding hydrogens is 340 g/mol. The van der Waals surface area contributed by atoms with Crippen LogP contribution in [-0.2, 0) is 12.8 Å². The van der Waals surface area contributed by atoms with Gasteiger partial charge in [0.1, 0.15) is 0 Å². The van der Waals surface area contributed by atoms with Crippen LogP contribution in [0, 0.1) is 0 Å². The van der Waals surface area contributed by atoms with Gasteiger partial charge in [-0.1, -0.05) is 12.1 Å². The molecule has 7 heteroatoms. The van der Waals surface area contributed by atoms with Gasteiger partial charge >= 0.3 is 11.9 Å². The van der Waals surface area contributed by atoms with Gasteiger partial charge in [0, 0.05) is 5.56 Å². The van der Waals surface area contributed by atoms with Crippen LogP contribution in [0.25, 0.3) is 0 Å². The first-order chi connectivity index (χ1) is 12.4. The predicted octanol–water partition coefficient (Wildman–Crippen LogP) is 2.89. The van der Waals surface area contributed by atoms with E-state index in [1.807, 2.05) is 0 Å². The number of hydrogen-bond donors (Lipinski definition) is 2. The highest BCUT2D eigenvalue weighted by Gasteiger charge is 2.23. The largest absolute Gasteiger partial charge is 0.493 e. The molecular formula is C19H20O7. The van der Waals surface area contributed by atoms with Gasteiger partial charge in [-0.25, -0.2) is 9.59 Å². The van der Waals surface area contributed by atoms with Crippen LogP contribution in [0.15, 0.2) is 30.3 Å². The zero-order valence-corrected chi connectivity index (χ0v) is 14.7. The molecule has 138 valence electrons. The van der Waals surface area contributed by atoms with E-state index in [0.717, 1.165) is 5.56 Å². The molecule has 0 saturated heterocycles. The number of carbonyl (C=O) groups is 2. The van der Waals surface area contributed by atoms with Crippen molar-refractivity contribution in [3.63, 3.8) is 0 Å². The summed E-state index contributed by atoms with van der Waals surface area (Å²) in [5.41, 5.74) is 1.63. The quantitative estimate of drug-likeness (QED) is 0.746. The predicted molar refractivity (Wildman–Crippen MR) is 93.9 cm³/mol. The van der Waals surface area contributed by atoms with E-state index in [9.17, 15) is 14.7 Å². The molecule has 0 aromatic heterocycles. The van der Waals surface area contributed by atoms with Crippen molar-refractivity contribution in [3.8, 4) is 17.2 Å². The summed E-state index contributed by atoms with van der Waals surface area (Å²) in [6, 6.07) is 7.85. The molecule has 0 radical (unpaired) electrons. The van der Waals surface area contributed by atoms with Gasteiger partial charge in [0.25, 0.3) is 0 Å². The van der Waals surface area contributed by atoms with Crippen molar-refractivity contribution in [2.24, 2.45) is 0 Å². The molecule has 2 aromatic rings. The molecule has 2 N–H and O–H groups in total. The van der Waals surface area contributed by atoms with Crippen LogP contribution in [-0.4, -0.2) is 43.5 Å². The first-order valence-electron chi connectivity index (χ1n) is 7.80. The molecule has 0 bridgehead atoms. The fourth-order valence-electron chi connectivity index (χ4n) is 2.74. The molecule has 0 heterocycles. The lowest BCUT2D eigenvalue weighted by Crippen LogP contribution is -2.09. The van der Waals surface area contributed by atoms with E-state index in [0.29, 0.717) is 29.9 Å². The summed E-state index contributed by atoms with van der Waals surface area (Å²) in [7, 11) is 4.32. The Morgan fingerprint density at radius 1 is 0.846 bits per heavy atom. The van der Waals surface area contributed by atoms with E-state index in [-0.39, 0.29) is 16.9 Å². The average molecular weight is 360 g/mol. The van der Waals surface area contributed by atoms with Crippen molar-refractivity contribution in [1.29, 1.82) is 0 Å². The maximum absolute atomic E-state index is 11.7. The molecule has 0 aliphatic carbocycles. The Balaban J connectivity index is 2.40. The molecule has 2 aromatic carbocycles. The van der Waals surface area contributed by atoms with Gasteiger partial charge in [0.2, 0.25) is 5.75 Å². The van der Waals surface area contributed by atoms with Crippen molar-refractivity contribution in [1.82, 2.24) is 0 Å². The van der Waals surface area contributed by atoms with E-state index >= 15 is 0 Å². The van der Waals surface area contributed by atoms with Crippen LogP contribution in [0.2, 0.25) is 0 Å². The van der Waals surface area contributed by atoms with E-state index in [2.05, 4.69) is 0 Å². The second-order valence-electron chi connectivity index (χ2n) is 5.48. The van der Waals surface area contributed by atoms with E-state index in [1.54, 1.807) is 12.1 Å². The smallest absolute Gasteiger partial charge is 0.336 e. The van der Waals surface area contributed by atoms with Gasteiger partial charge in [-0.3, -0.25) is 0 Å². The minimum absolute atomic E-state index is 0.0710. The number of hydrogen-bond acceptors (Lipinski definition) is 5. The second kappa shape index (κ2) is 8.24. The van der Waals surface area contributed by atoms with Crippen molar-refractivity contribution in [2.45, 2.75) is 12.8 Å². The van der Waals surface area contributed by atoms with Crippen LogP contribution < -0.4 is 14.2 Å². The van der Waals surface area contributed by atoms with Gasteiger partial charge in [0.15, 0.2) is 11.5 Å². The fourth-order valence-corrected chi connectivity index (χ4v) is 2.74. The van der Waals surface area contributed by atoms with Gasteiger partial charge in [0.05, 0.1) is 32.5 Å². The van der Waals surface area contributed by atoms with Gasteiger partial charge in [-0.05, 0) is 36.6 Å². The van der Waals surface area contributed by atoms with E-state index in [4.69, 9.17) is 19.3 Å². The van der Waals surface area contributed by atoms with Gasteiger partial charge in [-0.15, -0.1) is 0 Å². The maximum Gasteiger partial charge on any atom is 0.336 e. The monoisotopic (exact) mass is 360 g/mol. The molecule has 0 spiro atoms. The highest BCUT2D eigenvalue weighted by atomic mass is 16.5. The van der Waals surface area contributed by atoms with Gasteiger partial charge in [-0.2, -0.15) is 0 Å². The van der Waals surface area contributed by atoms with E-state index in [1.165, 1.54) is 39.5 Å². The number of carboxylic acids is 2. The molecule has 0 unspecified atom stereocenters. The Morgan fingerprint density at radius 2 is 1.46 bits per heavy atom. The first-order valence-corrected chi connectivity index (χ1v) is 7.80. The van der Waals surface area contributed by atoms with Crippen LogP contribution in [0.5, 0.6) is 17.2 Å². The number of aryl methyl sites for hydroxylation is 1. The minimum Gasteiger partial charge on any atom is -0.493 e. The number of aromatic carboxylic acids is 2. The summed E-state index contributed by atoms with van der Waals surface area (Å²) < 4.78 is 15.9. The molecule has 0 aliphatic rings. The number of carboxylic acid groups (broad SMARTS) is 2. The maximum atomic E-state index is 11.7. The summed E-state index contributed by atoms with van der Waals surface area (Å²) in [6.07, 6.45) is 0.879. The van der Waals surface area contributed by atoms with Crippen molar-refractivity contribution >= 4 is 11.9 Å². The summed E-state index contributed by atoms with van der Waals surface area (Å²) in [5, 5.41) is 18.5. The summed E-state index contributed by atoms with van der Waals surface area (Å²) >= 11 is 0. The fraction of sp³-hybridized carbons (Fsp3) is 0.263. The standard InChI is InChI=1S/C19H20O7/c1-24-15-10-14(19(22)23)13(16(25-2)17(15)26-3)9-6-11-4-7-12(8-5-11)18(20)21/h4-5,7-8,10H,6,9H2,1-3H3,(H,20,21)(H,22,23). The van der Waals surface area contributed by atoms with Crippen LogP contribution in [0.1, 0.15) is 31.8 Å². The third kappa shape index (κ3) is 3.88. The van der Waals surface area contributed by atoms with Crippen molar-refractivity contribution in [2.75, 3.05) is 21.3 Å². The van der Waals surface area contributed by atoms with E-state index < -0.39 is 11.9 Å². The van der Waals surface area contributed by atoms with Crippen molar-refractivity contribution < 1.29 is 34.0 Å². The molecule has 0 atom stereocenters. The Bertz CT molecular complexity index is 810. The normalized spacial score (nSPS) is 10.3. The Morgan fingerprint density at radius 3 is 1.92 bits per heavy atom. The highest BCUT2D eigenvalue weighted by molar-refractivity contribution is 5.92. The number of benzene rings is 2. The summed E-state index contributed by atoms with van der Waals surface area (Å²) in [6.45, 7) is 0. The Labute approximate surface area is 150 Å². The molecule has 0 fully saturated rings. The summed E-state index contributed by atoms with van der Waals surface area (Å²) in [4.78, 5) is 22.6. The number of rotatable bonds is 8. The topological polar surface area (TPSA) is 102 Å². The van der Waals surface area contributed by atoms with Crippen LogP contribution in [0.4, 0.5) is 0 Å². The SMILES string of the molecule is COc1cc(C(=O)O)c(CCc2ccc(C(=O)O)cc2)c(OC)c1OC. The summed E-state index contributed by atoms with van der Waals surface area (Å²) in [5.74, 6) is -1.18. The third-order valence-electron chi connectivity index (χ3n) is 4.03. The molecule has 2 rings (SSSR count). The lowest BCUT2D eigenvalue weighted by Gasteiger charge is -2.18. The third-order valence-corrected chi connectivity index (χ3v) is 4.03. The van der Waals surface area contributed by atoms with Crippen molar-refractivity contribution in [3.05, 3.63) is 52.6 Å². The lowest BCUT2D eigenvalue weighted by molar-refractivity contribution is 0.0684. The zero-order valence-electron chi connectivity index (χ0n) is 14.7.